The number of carboxylic acid groups (broad SMARTS) is 1. The van der Waals surface area contributed by atoms with Gasteiger partial charge >= 0.3 is 12.1 Å². The summed E-state index contributed by atoms with van der Waals surface area (Å²) in [5.74, 6) is -1.32. The van der Waals surface area contributed by atoms with Gasteiger partial charge in [-0.05, 0) is 12.1 Å². The molecule has 0 saturated heterocycles. The number of hydrogen-bond donors (Lipinski definition) is 2. The molecule has 2 aromatic rings. The summed E-state index contributed by atoms with van der Waals surface area (Å²) in [6.45, 7) is 0. The first-order valence-electron chi connectivity index (χ1n) is 4.71. The second-order valence-electron chi connectivity index (χ2n) is 3.37. The van der Waals surface area contributed by atoms with Gasteiger partial charge in [0.1, 0.15) is 5.69 Å². The Morgan fingerprint density at radius 2 is 2.06 bits per heavy atom. The highest BCUT2D eigenvalue weighted by atomic mass is 19.4. The molecule has 0 atom stereocenters. The number of aromatic nitrogens is 3. The van der Waals surface area contributed by atoms with Crippen molar-refractivity contribution in [1.29, 1.82) is 0 Å². The predicted molar refractivity (Wildman–Crippen MR) is 53.8 cm³/mol. The molecular weight excluding hydrogens is 251 g/mol. The highest BCUT2D eigenvalue weighted by Crippen LogP contribution is 2.29. The van der Waals surface area contributed by atoms with E-state index in [2.05, 4.69) is 15.2 Å². The molecule has 0 aliphatic heterocycles. The number of carboxylic acids is 1. The fourth-order valence-corrected chi connectivity index (χ4v) is 1.39. The van der Waals surface area contributed by atoms with E-state index < -0.39 is 17.8 Å². The van der Waals surface area contributed by atoms with Crippen LogP contribution in [0.3, 0.4) is 0 Å². The van der Waals surface area contributed by atoms with Gasteiger partial charge in [0.15, 0.2) is 5.69 Å². The van der Waals surface area contributed by atoms with Crippen LogP contribution < -0.4 is 0 Å². The molecule has 8 heteroatoms. The van der Waals surface area contributed by atoms with Gasteiger partial charge in [-0.15, -0.1) is 0 Å². The van der Waals surface area contributed by atoms with Gasteiger partial charge in [0, 0.05) is 0 Å². The Morgan fingerprint density at radius 3 is 2.67 bits per heavy atom. The third kappa shape index (κ3) is 2.17. The van der Waals surface area contributed by atoms with Gasteiger partial charge in [-0.1, -0.05) is 6.07 Å². The fourth-order valence-electron chi connectivity index (χ4n) is 1.39. The number of pyridine rings is 1. The number of nitrogens with zero attached hydrogens (tertiary/aromatic N) is 2. The first kappa shape index (κ1) is 12.1. The summed E-state index contributed by atoms with van der Waals surface area (Å²) >= 11 is 0. The number of alkyl halides is 3. The summed E-state index contributed by atoms with van der Waals surface area (Å²) < 4.78 is 37.4. The van der Waals surface area contributed by atoms with Gasteiger partial charge in [-0.25, -0.2) is 9.78 Å². The molecule has 5 nitrogen and oxygen atoms in total. The number of rotatable bonds is 2. The summed E-state index contributed by atoms with van der Waals surface area (Å²) in [7, 11) is 0. The predicted octanol–water partition coefficient (Wildman–Crippen LogP) is 2.19. The van der Waals surface area contributed by atoms with E-state index in [9.17, 15) is 18.0 Å². The lowest BCUT2D eigenvalue weighted by Crippen LogP contribution is -2.08. The Labute approximate surface area is 98.3 Å². The van der Waals surface area contributed by atoms with Gasteiger partial charge in [-0.3, -0.25) is 5.10 Å². The molecule has 0 fully saturated rings. The normalized spacial score (nSPS) is 11.5. The van der Waals surface area contributed by atoms with Crippen molar-refractivity contribution >= 4 is 5.97 Å². The molecule has 0 aliphatic carbocycles. The van der Waals surface area contributed by atoms with E-state index in [1.165, 1.54) is 6.07 Å². The molecule has 18 heavy (non-hydrogen) atoms. The smallest absolute Gasteiger partial charge is 0.433 e. The van der Waals surface area contributed by atoms with Crippen molar-refractivity contribution in [2.75, 3.05) is 0 Å². The average molecular weight is 257 g/mol. The maximum absolute atomic E-state index is 12.5. The van der Waals surface area contributed by atoms with Crippen molar-refractivity contribution in [3.8, 4) is 11.3 Å². The van der Waals surface area contributed by atoms with Gasteiger partial charge in [0.2, 0.25) is 0 Å². The van der Waals surface area contributed by atoms with E-state index in [0.29, 0.717) is 0 Å². The second kappa shape index (κ2) is 4.13. The van der Waals surface area contributed by atoms with Crippen molar-refractivity contribution in [2.24, 2.45) is 0 Å². The van der Waals surface area contributed by atoms with E-state index in [1.54, 1.807) is 0 Å². The number of hydrogen-bond acceptors (Lipinski definition) is 3. The zero-order valence-electron chi connectivity index (χ0n) is 8.69. The average Bonchev–Trinajstić information content (AvgIpc) is 2.77. The van der Waals surface area contributed by atoms with Crippen molar-refractivity contribution in [2.45, 2.75) is 6.18 Å². The van der Waals surface area contributed by atoms with Gasteiger partial charge in [0.05, 0.1) is 17.5 Å². The minimum absolute atomic E-state index is 0.00796. The number of nitrogens with one attached hydrogen (secondary N) is 1. The van der Waals surface area contributed by atoms with Crippen LogP contribution in [0.4, 0.5) is 13.2 Å². The molecular formula is C10H6F3N3O2. The van der Waals surface area contributed by atoms with E-state index in [1.807, 2.05) is 0 Å². The first-order valence-corrected chi connectivity index (χ1v) is 4.71. The minimum Gasteiger partial charge on any atom is -0.477 e. The van der Waals surface area contributed by atoms with Crippen LogP contribution in [-0.4, -0.2) is 26.3 Å². The summed E-state index contributed by atoms with van der Waals surface area (Å²) in [5, 5.41) is 14.5. The Hall–Kier alpha value is -2.38. The number of carbonyl (C=O) groups is 1. The van der Waals surface area contributed by atoms with Crippen LogP contribution in [0, 0.1) is 0 Å². The molecule has 0 spiro atoms. The van der Waals surface area contributed by atoms with Crippen molar-refractivity contribution in [1.82, 2.24) is 15.2 Å². The number of aromatic amines is 1. The van der Waals surface area contributed by atoms with Crippen LogP contribution in [-0.2, 0) is 6.18 Å². The fraction of sp³-hybridized carbons (Fsp3) is 0.100. The maximum Gasteiger partial charge on any atom is 0.433 e. The molecule has 0 aliphatic rings. The van der Waals surface area contributed by atoms with E-state index in [4.69, 9.17) is 5.11 Å². The molecule has 2 rings (SSSR count). The summed E-state index contributed by atoms with van der Waals surface area (Å²) in [4.78, 5) is 14.2. The first-order chi connectivity index (χ1) is 8.39. The lowest BCUT2D eigenvalue weighted by molar-refractivity contribution is -0.141. The van der Waals surface area contributed by atoms with Crippen molar-refractivity contribution in [3.05, 3.63) is 35.8 Å². The summed E-state index contributed by atoms with van der Waals surface area (Å²) in [6.07, 6.45) is -3.46. The standard InChI is InChI=1S/C10H6F3N3O2/c11-10(12,13)7-3-1-2-6(15-7)5-4-14-16-8(5)9(17)18/h1-4H,(H,14,16)(H,17,18). The van der Waals surface area contributed by atoms with Crippen molar-refractivity contribution < 1.29 is 23.1 Å². The lowest BCUT2D eigenvalue weighted by Gasteiger charge is -2.06. The van der Waals surface area contributed by atoms with E-state index >= 15 is 0 Å². The van der Waals surface area contributed by atoms with Crippen LogP contribution in [0.2, 0.25) is 0 Å². The molecule has 0 radical (unpaired) electrons. The quantitative estimate of drug-likeness (QED) is 0.864. The Kier molecular flexibility index (Phi) is 2.77. The molecule has 2 N–H and O–H groups in total. The zero-order valence-corrected chi connectivity index (χ0v) is 8.69. The summed E-state index contributed by atoms with van der Waals surface area (Å²) in [5.41, 5.74) is -1.48. The molecule has 0 aromatic carbocycles. The van der Waals surface area contributed by atoms with Crippen LogP contribution >= 0.6 is 0 Å². The molecule has 0 saturated carbocycles. The topological polar surface area (TPSA) is 78.9 Å². The van der Waals surface area contributed by atoms with E-state index in [0.717, 1.165) is 18.3 Å². The minimum atomic E-state index is -4.58. The van der Waals surface area contributed by atoms with Gasteiger partial charge in [-0.2, -0.15) is 18.3 Å². The Bertz CT molecular complexity index is 592. The Balaban J connectivity index is 2.52. The highest BCUT2D eigenvalue weighted by Gasteiger charge is 2.32. The third-order valence-corrected chi connectivity index (χ3v) is 2.17. The third-order valence-electron chi connectivity index (χ3n) is 2.17. The lowest BCUT2D eigenvalue weighted by atomic mass is 10.1. The van der Waals surface area contributed by atoms with Crippen LogP contribution in [0.15, 0.2) is 24.4 Å². The number of halogens is 3. The molecule has 94 valence electrons. The summed E-state index contributed by atoms with van der Waals surface area (Å²) in [6, 6.07) is 3.25. The maximum atomic E-state index is 12.5. The SMILES string of the molecule is O=C(O)c1[nH]ncc1-c1cccc(C(F)(F)F)n1. The molecule has 2 aromatic heterocycles. The zero-order chi connectivity index (χ0) is 13.3. The monoisotopic (exact) mass is 257 g/mol. The van der Waals surface area contributed by atoms with Crippen molar-refractivity contribution in [3.63, 3.8) is 0 Å². The largest absolute Gasteiger partial charge is 0.477 e. The number of H-pyrrole nitrogens is 1. The highest BCUT2D eigenvalue weighted by molar-refractivity contribution is 5.93. The van der Waals surface area contributed by atoms with Gasteiger partial charge in [0.25, 0.3) is 0 Å². The Morgan fingerprint density at radius 1 is 1.33 bits per heavy atom. The van der Waals surface area contributed by atoms with Crippen LogP contribution in [0.5, 0.6) is 0 Å². The van der Waals surface area contributed by atoms with E-state index in [-0.39, 0.29) is 17.0 Å². The molecule has 0 amide bonds. The number of aromatic carboxylic acids is 1. The van der Waals surface area contributed by atoms with Crippen LogP contribution in [0.1, 0.15) is 16.2 Å². The molecule has 0 bridgehead atoms. The van der Waals surface area contributed by atoms with Gasteiger partial charge < -0.3 is 5.11 Å². The van der Waals surface area contributed by atoms with Crippen LogP contribution in [0.25, 0.3) is 11.3 Å². The molecule has 0 unspecified atom stereocenters. The second-order valence-corrected chi connectivity index (χ2v) is 3.37. The molecule has 2 heterocycles.